The van der Waals surface area contributed by atoms with E-state index in [0.29, 0.717) is 32.8 Å². The van der Waals surface area contributed by atoms with Gasteiger partial charge in [-0.3, -0.25) is 4.79 Å². The molecule has 0 unspecified atom stereocenters. The van der Waals surface area contributed by atoms with E-state index in [4.69, 9.17) is 14.6 Å². The average Bonchev–Trinajstić information content (AvgIpc) is 2.55. The van der Waals surface area contributed by atoms with Crippen molar-refractivity contribution >= 4 is 11.9 Å². The summed E-state index contributed by atoms with van der Waals surface area (Å²) in [7, 11) is 0. The van der Waals surface area contributed by atoms with Crippen molar-refractivity contribution in [3.05, 3.63) is 35.1 Å². The predicted molar refractivity (Wildman–Crippen MR) is 80.1 cm³/mol. The number of carboxylic acid groups (broad SMARTS) is 1. The van der Waals surface area contributed by atoms with E-state index >= 15 is 0 Å². The molecule has 7 heteroatoms. The molecule has 0 atom stereocenters. The number of hydrogen-bond acceptors (Lipinski definition) is 4. The Bertz CT molecular complexity index is 557. The lowest BCUT2D eigenvalue weighted by Gasteiger charge is -2.22. The van der Waals surface area contributed by atoms with Crippen molar-refractivity contribution in [2.75, 3.05) is 26.4 Å². The van der Waals surface area contributed by atoms with E-state index in [-0.39, 0.29) is 17.2 Å². The SMILES string of the molecule is O=C(O)c1ccc(C(=O)NCCCOC2CCOCC2)c(F)c1. The molecule has 1 fully saturated rings. The highest BCUT2D eigenvalue weighted by atomic mass is 19.1. The molecular formula is C16H20FNO5. The number of amides is 1. The molecule has 2 rings (SSSR count). The summed E-state index contributed by atoms with van der Waals surface area (Å²) < 4.78 is 24.6. The fraction of sp³-hybridized carbons (Fsp3) is 0.500. The third kappa shape index (κ3) is 5.30. The van der Waals surface area contributed by atoms with Gasteiger partial charge in [-0.1, -0.05) is 0 Å². The van der Waals surface area contributed by atoms with Crippen LogP contribution in [0.1, 0.15) is 40.0 Å². The van der Waals surface area contributed by atoms with Crippen molar-refractivity contribution in [2.24, 2.45) is 0 Å². The van der Waals surface area contributed by atoms with Crippen LogP contribution in [-0.2, 0) is 9.47 Å². The molecule has 1 aromatic carbocycles. The van der Waals surface area contributed by atoms with E-state index in [0.717, 1.165) is 18.9 Å². The smallest absolute Gasteiger partial charge is 0.335 e. The summed E-state index contributed by atoms with van der Waals surface area (Å²) in [5.74, 6) is -2.65. The van der Waals surface area contributed by atoms with Crippen LogP contribution in [-0.4, -0.2) is 49.5 Å². The monoisotopic (exact) mass is 325 g/mol. The molecule has 23 heavy (non-hydrogen) atoms. The minimum atomic E-state index is -1.24. The van der Waals surface area contributed by atoms with Crippen LogP contribution < -0.4 is 5.32 Å². The van der Waals surface area contributed by atoms with Crippen LogP contribution >= 0.6 is 0 Å². The van der Waals surface area contributed by atoms with Crippen LogP contribution in [0.3, 0.4) is 0 Å². The van der Waals surface area contributed by atoms with E-state index < -0.39 is 17.7 Å². The standard InChI is InChI=1S/C16H20FNO5/c17-14-10-11(16(20)21)2-3-13(14)15(19)18-6-1-7-23-12-4-8-22-9-5-12/h2-3,10,12H,1,4-9H2,(H,18,19)(H,20,21). The van der Waals surface area contributed by atoms with Gasteiger partial charge >= 0.3 is 5.97 Å². The van der Waals surface area contributed by atoms with Gasteiger partial charge in [0.25, 0.3) is 5.91 Å². The Morgan fingerprint density at radius 1 is 1.35 bits per heavy atom. The number of halogens is 1. The Morgan fingerprint density at radius 2 is 2.09 bits per heavy atom. The van der Waals surface area contributed by atoms with Gasteiger partial charge in [0, 0.05) is 26.4 Å². The zero-order chi connectivity index (χ0) is 16.7. The maximum absolute atomic E-state index is 13.7. The molecule has 0 bridgehead atoms. The van der Waals surface area contributed by atoms with Crippen molar-refractivity contribution in [3.63, 3.8) is 0 Å². The molecule has 0 saturated carbocycles. The lowest BCUT2D eigenvalue weighted by Crippen LogP contribution is -2.28. The molecule has 1 aliphatic rings. The Kier molecular flexibility index (Phi) is 6.49. The highest BCUT2D eigenvalue weighted by molar-refractivity contribution is 5.96. The van der Waals surface area contributed by atoms with Crippen LogP contribution in [0.15, 0.2) is 18.2 Å². The van der Waals surface area contributed by atoms with Gasteiger partial charge in [-0.25, -0.2) is 9.18 Å². The number of carbonyl (C=O) groups is 2. The minimum absolute atomic E-state index is 0.166. The zero-order valence-corrected chi connectivity index (χ0v) is 12.7. The quantitative estimate of drug-likeness (QED) is 0.747. The summed E-state index contributed by atoms with van der Waals surface area (Å²) >= 11 is 0. The number of carbonyl (C=O) groups excluding carboxylic acids is 1. The summed E-state index contributed by atoms with van der Waals surface area (Å²) in [4.78, 5) is 22.6. The molecule has 2 N–H and O–H groups in total. The second-order valence-electron chi connectivity index (χ2n) is 5.29. The second-order valence-corrected chi connectivity index (χ2v) is 5.29. The summed E-state index contributed by atoms with van der Waals surface area (Å²) in [5.41, 5.74) is -0.357. The van der Waals surface area contributed by atoms with E-state index in [1.165, 1.54) is 12.1 Å². The zero-order valence-electron chi connectivity index (χ0n) is 12.7. The molecule has 1 aromatic rings. The summed E-state index contributed by atoms with van der Waals surface area (Å²) in [6, 6.07) is 3.22. The second kappa shape index (κ2) is 8.59. The first-order valence-electron chi connectivity index (χ1n) is 7.58. The van der Waals surface area contributed by atoms with Crippen LogP contribution in [0, 0.1) is 5.82 Å². The minimum Gasteiger partial charge on any atom is -0.478 e. The van der Waals surface area contributed by atoms with Crippen molar-refractivity contribution in [2.45, 2.75) is 25.4 Å². The molecule has 1 saturated heterocycles. The average molecular weight is 325 g/mol. The maximum Gasteiger partial charge on any atom is 0.335 e. The Hall–Kier alpha value is -1.99. The Balaban J connectivity index is 1.71. The lowest BCUT2D eigenvalue weighted by molar-refractivity contribution is -0.0321. The summed E-state index contributed by atoms with van der Waals surface area (Å²) in [6.45, 7) is 2.31. The van der Waals surface area contributed by atoms with Crippen molar-refractivity contribution < 1.29 is 28.6 Å². The Labute approximate surface area is 133 Å². The van der Waals surface area contributed by atoms with Gasteiger partial charge in [-0.15, -0.1) is 0 Å². The third-order valence-electron chi connectivity index (χ3n) is 3.59. The number of ether oxygens (including phenoxy) is 2. The molecule has 1 heterocycles. The number of benzene rings is 1. The van der Waals surface area contributed by atoms with Crippen LogP contribution in [0.2, 0.25) is 0 Å². The first-order chi connectivity index (χ1) is 11.1. The molecule has 1 aliphatic heterocycles. The molecular weight excluding hydrogens is 305 g/mol. The van der Waals surface area contributed by atoms with E-state index in [1.54, 1.807) is 0 Å². The normalized spacial score (nSPS) is 15.3. The number of rotatable bonds is 7. The van der Waals surface area contributed by atoms with Crippen molar-refractivity contribution in [1.82, 2.24) is 5.32 Å². The highest BCUT2D eigenvalue weighted by Crippen LogP contribution is 2.12. The number of aromatic carboxylic acids is 1. The molecule has 0 spiro atoms. The molecule has 1 amide bonds. The number of carboxylic acids is 1. The fourth-order valence-electron chi connectivity index (χ4n) is 2.29. The first-order valence-corrected chi connectivity index (χ1v) is 7.58. The van der Waals surface area contributed by atoms with E-state index in [9.17, 15) is 14.0 Å². The van der Waals surface area contributed by atoms with Gasteiger partial charge < -0.3 is 19.9 Å². The molecule has 0 aromatic heterocycles. The lowest BCUT2D eigenvalue weighted by atomic mass is 10.1. The van der Waals surface area contributed by atoms with E-state index in [1.807, 2.05) is 0 Å². The first kappa shape index (κ1) is 17.4. The molecule has 126 valence electrons. The highest BCUT2D eigenvalue weighted by Gasteiger charge is 2.15. The molecule has 0 radical (unpaired) electrons. The predicted octanol–water partition coefficient (Wildman–Crippen LogP) is 1.84. The van der Waals surface area contributed by atoms with Crippen molar-refractivity contribution in [1.29, 1.82) is 0 Å². The third-order valence-corrected chi connectivity index (χ3v) is 3.59. The number of hydrogen-bond donors (Lipinski definition) is 2. The number of nitrogens with one attached hydrogen (secondary N) is 1. The van der Waals surface area contributed by atoms with E-state index in [2.05, 4.69) is 5.32 Å². The van der Waals surface area contributed by atoms with Crippen molar-refractivity contribution in [3.8, 4) is 0 Å². The molecule has 6 nitrogen and oxygen atoms in total. The fourth-order valence-corrected chi connectivity index (χ4v) is 2.29. The van der Waals surface area contributed by atoms with Gasteiger partial charge in [-0.05, 0) is 37.5 Å². The molecule has 0 aliphatic carbocycles. The van der Waals surface area contributed by atoms with Gasteiger partial charge in [0.2, 0.25) is 0 Å². The van der Waals surface area contributed by atoms with Crippen LogP contribution in [0.4, 0.5) is 4.39 Å². The van der Waals surface area contributed by atoms with Crippen LogP contribution in [0.5, 0.6) is 0 Å². The van der Waals surface area contributed by atoms with Crippen LogP contribution in [0.25, 0.3) is 0 Å². The topological polar surface area (TPSA) is 84.9 Å². The summed E-state index contributed by atoms with van der Waals surface area (Å²) in [6.07, 6.45) is 2.60. The van der Waals surface area contributed by atoms with Gasteiger partial charge in [0.1, 0.15) is 5.82 Å². The maximum atomic E-state index is 13.7. The summed E-state index contributed by atoms with van der Waals surface area (Å²) in [5, 5.41) is 11.4. The Morgan fingerprint density at radius 3 is 2.74 bits per heavy atom. The largest absolute Gasteiger partial charge is 0.478 e. The van der Waals surface area contributed by atoms with Gasteiger partial charge in [0.05, 0.1) is 17.2 Å². The van der Waals surface area contributed by atoms with Gasteiger partial charge in [-0.2, -0.15) is 0 Å². The van der Waals surface area contributed by atoms with Gasteiger partial charge in [0.15, 0.2) is 0 Å².